The van der Waals surface area contributed by atoms with E-state index in [1.54, 1.807) is 0 Å². The predicted molar refractivity (Wildman–Crippen MR) is 86.5 cm³/mol. The summed E-state index contributed by atoms with van der Waals surface area (Å²) in [4.78, 5) is 5.01. The number of hydrogen-bond acceptors (Lipinski definition) is 3. The second kappa shape index (κ2) is 6.69. The smallest absolute Gasteiger partial charge is 0.157 e. The van der Waals surface area contributed by atoms with Crippen LogP contribution in [0.5, 0.6) is 0 Å². The molecule has 2 heterocycles. The average molecular weight is 296 g/mol. The van der Waals surface area contributed by atoms with Crippen LogP contribution in [0.3, 0.4) is 0 Å². The zero-order valence-corrected chi connectivity index (χ0v) is 13.5. The van der Waals surface area contributed by atoms with E-state index in [1.165, 1.54) is 49.4 Å². The first kappa shape index (κ1) is 14.7. The molecule has 3 aliphatic rings. The van der Waals surface area contributed by atoms with Crippen molar-refractivity contribution in [2.45, 2.75) is 69.9 Å². The van der Waals surface area contributed by atoms with Gasteiger partial charge in [0.2, 0.25) is 0 Å². The highest BCUT2D eigenvalue weighted by atomic mass is 32.2. The maximum absolute atomic E-state index is 5.49. The van der Waals surface area contributed by atoms with Gasteiger partial charge in [-0.05, 0) is 44.4 Å². The van der Waals surface area contributed by atoms with Crippen LogP contribution in [0.1, 0.15) is 58.3 Å². The van der Waals surface area contributed by atoms with Crippen LogP contribution in [0.2, 0.25) is 0 Å². The van der Waals surface area contributed by atoms with Crippen molar-refractivity contribution in [2.75, 3.05) is 19.0 Å². The van der Waals surface area contributed by atoms with Crippen molar-refractivity contribution >= 4 is 16.9 Å². The maximum Gasteiger partial charge on any atom is 0.157 e. The number of nitrogens with zero attached hydrogens (tertiary/aromatic N) is 1. The van der Waals surface area contributed by atoms with Gasteiger partial charge in [-0.3, -0.25) is 4.99 Å². The molecule has 0 amide bonds. The molecule has 0 bridgehead atoms. The van der Waals surface area contributed by atoms with Crippen LogP contribution in [-0.4, -0.2) is 35.7 Å². The van der Waals surface area contributed by atoms with E-state index in [0.717, 1.165) is 32.0 Å². The van der Waals surface area contributed by atoms with Gasteiger partial charge in [0, 0.05) is 19.0 Å². The Kier molecular flexibility index (Phi) is 4.92. The third-order valence-corrected chi connectivity index (χ3v) is 6.30. The van der Waals surface area contributed by atoms with Crippen LogP contribution in [-0.2, 0) is 4.74 Å². The monoisotopic (exact) mass is 296 g/mol. The largest absolute Gasteiger partial charge is 0.381 e. The average Bonchev–Trinajstić information content (AvgIpc) is 2.85. The Labute approximate surface area is 127 Å². The van der Waals surface area contributed by atoms with E-state index in [0.29, 0.717) is 11.6 Å². The van der Waals surface area contributed by atoms with Crippen molar-refractivity contribution in [1.82, 2.24) is 5.32 Å². The first-order valence-electron chi connectivity index (χ1n) is 8.36. The van der Waals surface area contributed by atoms with Crippen LogP contribution in [0.25, 0.3) is 0 Å². The maximum atomic E-state index is 5.49. The second-order valence-electron chi connectivity index (χ2n) is 6.70. The number of nitrogens with one attached hydrogen (secondary N) is 1. The second-order valence-corrected chi connectivity index (χ2v) is 7.67. The fourth-order valence-corrected chi connectivity index (χ4v) is 5.03. The van der Waals surface area contributed by atoms with Crippen LogP contribution in [0, 0.1) is 5.92 Å². The van der Waals surface area contributed by atoms with Gasteiger partial charge in [-0.15, -0.1) is 0 Å². The van der Waals surface area contributed by atoms with Gasteiger partial charge in [0.25, 0.3) is 0 Å². The van der Waals surface area contributed by atoms with Crippen molar-refractivity contribution in [3.05, 3.63) is 0 Å². The van der Waals surface area contributed by atoms with Crippen molar-refractivity contribution in [3.8, 4) is 0 Å². The lowest BCUT2D eigenvalue weighted by Crippen LogP contribution is -2.48. The molecule has 4 heteroatoms. The van der Waals surface area contributed by atoms with Gasteiger partial charge in [-0.2, -0.15) is 0 Å². The molecule has 0 aromatic carbocycles. The SMILES string of the molecule is CCCC1CCC(N=C2NC3(CCOCC3)CS2)CC1. The molecule has 2 aliphatic heterocycles. The molecule has 1 spiro atoms. The lowest BCUT2D eigenvalue weighted by Gasteiger charge is -2.33. The highest BCUT2D eigenvalue weighted by Gasteiger charge is 2.39. The van der Waals surface area contributed by atoms with E-state index in [-0.39, 0.29) is 0 Å². The molecule has 0 radical (unpaired) electrons. The molecule has 3 rings (SSSR count). The minimum absolute atomic E-state index is 0.293. The quantitative estimate of drug-likeness (QED) is 0.864. The minimum Gasteiger partial charge on any atom is -0.381 e. The van der Waals surface area contributed by atoms with Gasteiger partial charge >= 0.3 is 0 Å². The Bertz CT molecular complexity index is 344. The standard InChI is InChI=1S/C16H28N2OS/c1-2-3-13-4-6-14(7-5-13)17-15-18-16(12-20-15)8-10-19-11-9-16/h13-14H,2-12H2,1H3,(H,17,18). The number of rotatable bonds is 3. The summed E-state index contributed by atoms with van der Waals surface area (Å²) in [5.41, 5.74) is 0.293. The Balaban J connectivity index is 1.50. The van der Waals surface area contributed by atoms with Crippen LogP contribution >= 0.6 is 11.8 Å². The normalized spacial score (nSPS) is 35.4. The van der Waals surface area contributed by atoms with Gasteiger partial charge in [0.1, 0.15) is 0 Å². The lowest BCUT2D eigenvalue weighted by molar-refractivity contribution is 0.0555. The van der Waals surface area contributed by atoms with Gasteiger partial charge in [-0.25, -0.2) is 0 Å². The van der Waals surface area contributed by atoms with E-state index in [9.17, 15) is 0 Å². The summed E-state index contributed by atoms with van der Waals surface area (Å²) < 4.78 is 5.49. The van der Waals surface area contributed by atoms with Crippen molar-refractivity contribution in [1.29, 1.82) is 0 Å². The van der Waals surface area contributed by atoms with E-state index < -0.39 is 0 Å². The number of aliphatic imine (C=N–C) groups is 1. The summed E-state index contributed by atoms with van der Waals surface area (Å²) in [6.45, 7) is 4.12. The fourth-order valence-electron chi connectivity index (χ4n) is 3.74. The fraction of sp³-hybridized carbons (Fsp3) is 0.938. The molecule has 1 N–H and O–H groups in total. The molecule has 0 aromatic rings. The van der Waals surface area contributed by atoms with E-state index in [1.807, 2.05) is 11.8 Å². The van der Waals surface area contributed by atoms with Crippen molar-refractivity contribution in [2.24, 2.45) is 10.9 Å². The van der Waals surface area contributed by atoms with Gasteiger partial charge in [-0.1, -0.05) is 31.5 Å². The molecule has 20 heavy (non-hydrogen) atoms. The lowest BCUT2D eigenvalue weighted by atomic mass is 9.84. The summed E-state index contributed by atoms with van der Waals surface area (Å²) in [7, 11) is 0. The zero-order chi connectivity index (χ0) is 13.8. The molecule has 3 nitrogen and oxygen atoms in total. The summed E-state index contributed by atoms with van der Waals surface area (Å²) in [6, 6.07) is 0.577. The highest BCUT2D eigenvalue weighted by molar-refractivity contribution is 8.14. The van der Waals surface area contributed by atoms with E-state index in [2.05, 4.69) is 12.2 Å². The molecule has 0 aromatic heterocycles. The molecule has 114 valence electrons. The Morgan fingerprint density at radius 1 is 1.25 bits per heavy atom. The molecule has 1 aliphatic carbocycles. The summed E-state index contributed by atoms with van der Waals surface area (Å²) >= 11 is 1.94. The van der Waals surface area contributed by atoms with Gasteiger partial charge in [0.15, 0.2) is 5.17 Å². The summed E-state index contributed by atoms with van der Waals surface area (Å²) in [5.74, 6) is 2.16. The number of ether oxygens (including phenoxy) is 1. The van der Waals surface area contributed by atoms with Crippen LogP contribution in [0.4, 0.5) is 0 Å². The van der Waals surface area contributed by atoms with E-state index >= 15 is 0 Å². The topological polar surface area (TPSA) is 33.6 Å². The predicted octanol–water partition coefficient (Wildman–Crippen LogP) is 3.59. The zero-order valence-electron chi connectivity index (χ0n) is 12.7. The molecule has 3 fully saturated rings. The van der Waals surface area contributed by atoms with Crippen LogP contribution < -0.4 is 5.32 Å². The summed E-state index contributed by atoms with van der Waals surface area (Å²) in [5, 5.41) is 4.94. The van der Waals surface area contributed by atoms with Gasteiger partial charge in [0.05, 0.1) is 11.6 Å². The first-order chi connectivity index (χ1) is 9.80. The minimum atomic E-state index is 0.293. The Morgan fingerprint density at radius 3 is 2.70 bits per heavy atom. The molecular formula is C16H28N2OS. The number of hydrogen-bond donors (Lipinski definition) is 1. The molecule has 0 atom stereocenters. The molecule has 2 saturated heterocycles. The third-order valence-electron chi connectivity index (χ3n) is 5.12. The third kappa shape index (κ3) is 3.51. The molecular weight excluding hydrogens is 268 g/mol. The molecule has 1 saturated carbocycles. The summed E-state index contributed by atoms with van der Waals surface area (Å²) in [6.07, 6.45) is 10.4. The molecule has 0 unspecified atom stereocenters. The van der Waals surface area contributed by atoms with E-state index in [4.69, 9.17) is 9.73 Å². The van der Waals surface area contributed by atoms with Gasteiger partial charge < -0.3 is 10.1 Å². The number of thioether (sulfide) groups is 1. The first-order valence-corrected chi connectivity index (χ1v) is 9.35. The Morgan fingerprint density at radius 2 is 2.00 bits per heavy atom. The highest BCUT2D eigenvalue weighted by Crippen LogP contribution is 2.34. The Hall–Kier alpha value is -0.220. The van der Waals surface area contributed by atoms with Crippen LogP contribution in [0.15, 0.2) is 4.99 Å². The van der Waals surface area contributed by atoms with Crippen molar-refractivity contribution in [3.63, 3.8) is 0 Å². The van der Waals surface area contributed by atoms with Crippen molar-refractivity contribution < 1.29 is 4.74 Å². The number of amidine groups is 1.